The van der Waals surface area contributed by atoms with Gasteiger partial charge in [0.25, 0.3) is 5.97 Å². The van der Waals surface area contributed by atoms with Crippen LogP contribution in [0.2, 0.25) is 0 Å². The number of nitrogens with two attached hydrogens (primary N) is 1. The first kappa shape index (κ1) is 15.8. The van der Waals surface area contributed by atoms with Crippen molar-refractivity contribution in [1.82, 2.24) is 0 Å². The Labute approximate surface area is 53.4 Å². The summed E-state index contributed by atoms with van der Waals surface area (Å²) in [5.41, 5.74) is 4.50. The van der Waals surface area contributed by atoms with Crippen molar-refractivity contribution >= 4 is 5.97 Å². The van der Waals surface area contributed by atoms with Gasteiger partial charge in [-0.25, -0.2) is 0 Å². The normalized spacial score (nSPS) is 4.43. The molecule has 0 atom stereocenters. The zero-order valence-electron chi connectivity index (χ0n) is 4.23. The van der Waals surface area contributed by atoms with Crippen molar-refractivity contribution in [3.05, 3.63) is 0 Å². The van der Waals surface area contributed by atoms with Gasteiger partial charge >= 0.3 is 0 Å². The van der Waals surface area contributed by atoms with E-state index in [4.69, 9.17) is 9.90 Å². The summed E-state index contributed by atoms with van der Waals surface area (Å²) in [6.07, 6.45) is 0. The molecule has 7 heavy (non-hydrogen) atoms. The van der Waals surface area contributed by atoms with Gasteiger partial charge in [-0.3, -0.25) is 4.79 Å². The summed E-state index contributed by atoms with van der Waals surface area (Å²) in [6.45, 7) is 1.08. The first-order valence-corrected chi connectivity index (χ1v) is 1.51. The molecule has 0 aromatic carbocycles. The molecule has 0 fully saturated rings. The maximum absolute atomic E-state index is 9.00. The van der Waals surface area contributed by atoms with Crippen LogP contribution in [-0.2, 0) is 21.9 Å². The number of carbonyl (C=O) groups is 1. The van der Waals surface area contributed by atoms with E-state index in [1.54, 1.807) is 0 Å². The van der Waals surface area contributed by atoms with E-state index in [0.717, 1.165) is 6.92 Å². The maximum atomic E-state index is 9.00. The number of hydrogen-bond donors (Lipinski definition) is 2. The largest absolute Gasteiger partial charge is 0.481 e. The molecule has 3 N–H and O–H groups in total. The van der Waals surface area contributed by atoms with Crippen LogP contribution in [0, 0.1) is 0 Å². The molecule has 0 unspecified atom stereocenters. The molecule has 0 heterocycles. The predicted molar refractivity (Wildman–Crippen MR) is 23.4 cm³/mol. The Morgan fingerprint density at radius 2 is 1.57 bits per heavy atom. The number of aliphatic carboxylic acids is 1. The standard InChI is InChI=1S/C2H4O2.CH5N.Cu/c1-2(3)4;1-2;/h1H3,(H,3,4);2H2,1H3;. The van der Waals surface area contributed by atoms with Crippen molar-refractivity contribution in [2.45, 2.75) is 6.92 Å². The van der Waals surface area contributed by atoms with Crippen molar-refractivity contribution in [3.63, 3.8) is 0 Å². The summed E-state index contributed by atoms with van der Waals surface area (Å²) in [7, 11) is 1.50. The molecule has 0 spiro atoms. The molecule has 0 amide bonds. The van der Waals surface area contributed by atoms with Crippen LogP contribution in [-0.4, -0.2) is 18.1 Å². The number of carboxylic acid groups (broad SMARTS) is 1. The Bertz CT molecular complexity index is 35.9. The van der Waals surface area contributed by atoms with Crippen molar-refractivity contribution in [3.8, 4) is 0 Å². The zero-order chi connectivity index (χ0) is 5.58. The van der Waals surface area contributed by atoms with Crippen LogP contribution in [0.4, 0.5) is 0 Å². The summed E-state index contributed by atoms with van der Waals surface area (Å²) in [5.74, 6) is -0.833. The van der Waals surface area contributed by atoms with Gasteiger partial charge in [-0.1, -0.05) is 0 Å². The first-order chi connectivity index (χ1) is 2.73. The maximum Gasteiger partial charge on any atom is 0.300 e. The van der Waals surface area contributed by atoms with E-state index in [-0.39, 0.29) is 17.1 Å². The fourth-order valence-electron chi connectivity index (χ4n) is 0. The van der Waals surface area contributed by atoms with Gasteiger partial charge in [0.2, 0.25) is 0 Å². The van der Waals surface area contributed by atoms with Crippen LogP contribution in [0.3, 0.4) is 0 Å². The average Bonchev–Trinajstić information content (AvgIpc) is 1.41. The van der Waals surface area contributed by atoms with Gasteiger partial charge < -0.3 is 10.8 Å². The molecular formula is C3H9CuNO2. The van der Waals surface area contributed by atoms with Crippen LogP contribution in [0.1, 0.15) is 6.92 Å². The summed E-state index contributed by atoms with van der Waals surface area (Å²) < 4.78 is 0. The third kappa shape index (κ3) is 36400. The number of hydrogen-bond acceptors (Lipinski definition) is 2. The smallest absolute Gasteiger partial charge is 0.300 e. The molecule has 0 aromatic rings. The van der Waals surface area contributed by atoms with Gasteiger partial charge in [0.05, 0.1) is 0 Å². The fraction of sp³-hybridized carbons (Fsp3) is 0.667. The Balaban J connectivity index is -0.0000000480. The van der Waals surface area contributed by atoms with E-state index in [0.29, 0.717) is 0 Å². The van der Waals surface area contributed by atoms with Gasteiger partial charge in [-0.2, -0.15) is 0 Å². The SMILES string of the molecule is CC(=O)O.CN.[Cu]. The van der Waals surface area contributed by atoms with Gasteiger partial charge in [0.1, 0.15) is 0 Å². The summed E-state index contributed by atoms with van der Waals surface area (Å²) in [6, 6.07) is 0. The zero-order valence-corrected chi connectivity index (χ0v) is 5.18. The Morgan fingerprint density at radius 3 is 1.57 bits per heavy atom. The van der Waals surface area contributed by atoms with Crippen LogP contribution in [0.25, 0.3) is 0 Å². The molecule has 4 heteroatoms. The third-order valence-electron chi connectivity index (χ3n) is 0. The van der Waals surface area contributed by atoms with Crippen molar-refractivity contribution in [1.29, 1.82) is 0 Å². The fourth-order valence-corrected chi connectivity index (χ4v) is 0. The summed E-state index contributed by atoms with van der Waals surface area (Å²) in [5, 5.41) is 7.42. The van der Waals surface area contributed by atoms with Gasteiger partial charge in [-0.05, 0) is 7.05 Å². The second-order valence-electron chi connectivity index (χ2n) is 0.519. The van der Waals surface area contributed by atoms with E-state index in [9.17, 15) is 0 Å². The molecule has 0 bridgehead atoms. The van der Waals surface area contributed by atoms with E-state index >= 15 is 0 Å². The van der Waals surface area contributed by atoms with Gasteiger partial charge in [0, 0.05) is 24.0 Å². The Kier molecular flexibility index (Phi) is 37.7. The van der Waals surface area contributed by atoms with Crippen molar-refractivity contribution in [2.75, 3.05) is 7.05 Å². The monoisotopic (exact) mass is 154 g/mol. The molecule has 49 valence electrons. The average molecular weight is 155 g/mol. The third-order valence-corrected chi connectivity index (χ3v) is 0. The molecule has 3 nitrogen and oxygen atoms in total. The van der Waals surface area contributed by atoms with Crippen LogP contribution in [0.5, 0.6) is 0 Å². The first-order valence-electron chi connectivity index (χ1n) is 1.51. The predicted octanol–water partition coefficient (Wildman–Crippen LogP) is -0.337. The number of rotatable bonds is 0. The van der Waals surface area contributed by atoms with Crippen LogP contribution >= 0.6 is 0 Å². The van der Waals surface area contributed by atoms with Crippen LogP contribution < -0.4 is 5.73 Å². The second-order valence-corrected chi connectivity index (χ2v) is 0.519. The topological polar surface area (TPSA) is 63.3 Å². The Morgan fingerprint density at radius 1 is 1.57 bits per heavy atom. The minimum Gasteiger partial charge on any atom is -0.481 e. The molecule has 0 saturated carbocycles. The quantitative estimate of drug-likeness (QED) is 0.470. The number of carboxylic acids is 1. The molecule has 0 rings (SSSR count). The van der Waals surface area contributed by atoms with Gasteiger partial charge in [0.15, 0.2) is 0 Å². The molecule has 0 aliphatic rings. The molecule has 0 aromatic heterocycles. The summed E-state index contributed by atoms with van der Waals surface area (Å²) >= 11 is 0. The van der Waals surface area contributed by atoms with Crippen molar-refractivity contribution in [2.24, 2.45) is 5.73 Å². The minimum atomic E-state index is -0.833. The van der Waals surface area contributed by atoms with Gasteiger partial charge in [-0.15, -0.1) is 0 Å². The van der Waals surface area contributed by atoms with E-state index in [2.05, 4.69) is 5.73 Å². The molecule has 0 aliphatic carbocycles. The minimum absolute atomic E-state index is 0. The van der Waals surface area contributed by atoms with Crippen molar-refractivity contribution < 1.29 is 27.0 Å². The molecular weight excluding hydrogens is 146 g/mol. The van der Waals surface area contributed by atoms with E-state index in [1.165, 1.54) is 7.05 Å². The van der Waals surface area contributed by atoms with E-state index in [1.807, 2.05) is 0 Å². The van der Waals surface area contributed by atoms with Crippen LogP contribution in [0.15, 0.2) is 0 Å². The van der Waals surface area contributed by atoms with E-state index < -0.39 is 5.97 Å². The second kappa shape index (κ2) is 16.8. The molecule has 0 saturated heterocycles. The summed E-state index contributed by atoms with van der Waals surface area (Å²) in [4.78, 5) is 9.00. The molecule has 1 radical (unpaired) electrons. The molecule has 0 aliphatic heterocycles. The Hall–Kier alpha value is -0.0505.